The molecule has 4 aromatic rings. The molecule has 6 nitrogen and oxygen atoms in total. The molecule has 6 rings (SSSR count). The van der Waals surface area contributed by atoms with Gasteiger partial charge in [-0.3, -0.25) is 9.59 Å². The van der Waals surface area contributed by atoms with Crippen molar-refractivity contribution in [2.75, 3.05) is 6.61 Å². The standard InChI is InChI=1S/C33H32N2O4/c1-3-38-32(37)33(18-19-33)25-15-12-22(13-16-25)21-8-10-24(11-9-21)30-28(20(2)35-39-30)29(31(34)36)27-17-14-23-6-4-5-7-26(23)27/h4-13,15-16,27,29H,3,14,17-19H2,1-2H3,(H2,34,36)/t27-,29?/m0/s1. The van der Waals surface area contributed by atoms with Crippen molar-refractivity contribution >= 4 is 11.9 Å². The lowest BCUT2D eigenvalue weighted by molar-refractivity contribution is -0.146. The van der Waals surface area contributed by atoms with Gasteiger partial charge in [0.25, 0.3) is 0 Å². The van der Waals surface area contributed by atoms with E-state index in [0.717, 1.165) is 53.5 Å². The molecule has 3 aromatic carbocycles. The van der Waals surface area contributed by atoms with Crippen LogP contribution in [0.1, 0.15) is 66.0 Å². The molecule has 2 aliphatic rings. The van der Waals surface area contributed by atoms with Gasteiger partial charge < -0.3 is 15.0 Å². The number of nitrogens with zero attached hydrogens (tertiary/aromatic N) is 1. The quantitative estimate of drug-likeness (QED) is 0.279. The lowest BCUT2D eigenvalue weighted by Gasteiger charge is -2.22. The first-order valence-electron chi connectivity index (χ1n) is 13.6. The van der Waals surface area contributed by atoms with Gasteiger partial charge in [-0.05, 0) is 67.3 Å². The molecular weight excluding hydrogens is 488 g/mol. The smallest absolute Gasteiger partial charge is 0.316 e. The van der Waals surface area contributed by atoms with E-state index in [4.69, 9.17) is 15.0 Å². The fourth-order valence-electron chi connectivity index (χ4n) is 6.23. The van der Waals surface area contributed by atoms with Crippen molar-refractivity contribution in [3.05, 3.63) is 101 Å². The third-order valence-electron chi connectivity index (χ3n) is 8.44. The number of carbonyl (C=O) groups excluding carboxylic acids is 2. The van der Waals surface area contributed by atoms with Gasteiger partial charge in [0.15, 0.2) is 5.76 Å². The highest BCUT2D eigenvalue weighted by Gasteiger charge is 2.52. The maximum absolute atomic E-state index is 12.9. The van der Waals surface area contributed by atoms with Crippen molar-refractivity contribution in [2.45, 2.75) is 56.8 Å². The van der Waals surface area contributed by atoms with Crippen LogP contribution in [0, 0.1) is 6.92 Å². The Morgan fingerprint density at radius 2 is 1.64 bits per heavy atom. The molecule has 0 saturated heterocycles. The van der Waals surface area contributed by atoms with Gasteiger partial charge >= 0.3 is 5.97 Å². The Morgan fingerprint density at radius 1 is 1.00 bits per heavy atom. The number of esters is 1. The Morgan fingerprint density at radius 3 is 2.28 bits per heavy atom. The van der Waals surface area contributed by atoms with Crippen molar-refractivity contribution in [3.63, 3.8) is 0 Å². The third-order valence-corrected chi connectivity index (χ3v) is 8.44. The zero-order valence-electron chi connectivity index (χ0n) is 22.3. The predicted octanol–water partition coefficient (Wildman–Crippen LogP) is 6.21. The summed E-state index contributed by atoms with van der Waals surface area (Å²) in [5, 5.41) is 4.25. The highest BCUT2D eigenvalue weighted by molar-refractivity contribution is 5.87. The third kappa shape index (κ3) is 4.34. The van der Waals surface area contributed by atoms with Gasteiger partial charge in [-0.15, -0.1) is 0 Å². The molecule has 1 aromatic heterocycles. The molecular formula is C33H32N2O4. The molecule has 1 fully saturated rings. The summed E-state index contributed by atoms with van der Waals surface area (Å²) < 4.78 is 11.1. The summed E-state index contributed by atoms with van der Waals surface area (Å²) in [6.45, 7) is 4.11. The maximum Gasteiger partial charge on any atom is 0.316 e. The average molecular weight is 521 g/mol. The second-order valence-corrected chi connectivity index (χ2v) is 10.7. The SMILES string of the molecule is CCOC(=O)C1(c2ccc(-c3ccc(-c4onc(C)c4C(C(N)=O)[C@H]4CCc5ccccc54)cc3)cc2)CC1. The highest BCUT2D eigenvalue weighted by Crippen LogP contribution is 2.50. The van der Waals surface area contributed by atoms with Crippen LogP contribution in [0.2, 0.25) is 0 Å². The molecule has 2 aliphatic carbocycles. The Labute approximate surface area is 228 Å². The summed E-state index contributed by atoms with van der Waals surface area (Å²) in [6, 6.07) is 24.5. The van der Waals surface area contributed by atoms with Gasteiger partial charge in [0.2, 0.25) is 5.91 Å². The Kier molecular flexibility index (Phi) is 6.34. The van der Waals surface area contributed by atoms with Crippen LogP contribution in [-0.2, 0) is 26.2 Å². The number of amides is 1. The molecule has 2 N–H and O–H groups in total. The van der Waals surface area contributed by atoms with Gasteiger partial charge in [0, 0.05) is 17.0 Å². The molecule has 198 valence electrons. The minimum Gasteiger partial charge on any atom is -0.465 e. The first kappa shape index (κ1) is 25.1. The maximum atomic E-state index is 12.9. The normalized spacial score (nSPS) is 17.8. The van der Waals surface area contributed by atoms with Gasteiger partial charge in [-0.25, -0.2) is 0 Å². The van der Waals surface area contributed by atoms with E-state index in [-0.39, 0.29) is 17.8 Å². The Hall–Kier alpha value is -4.19. The molecule has 0 radical (unpaired) electrons. The monoisotopic (exact) mass is 520 g/mol. The fourth-order valence-corrected chi connectivity index (χ4v) is 6.23. The van der Waals surface area contributed by atoms with Crippen molar-refractivity contribution < 1.29 is 18.8 Å². The molecule has 2 atom stereocenters. The molecule has 0 spiro atoms. The number of rotatable bonds is 8. The molecule has 1 amide bonds. The number of nitrogens with two attached hydrogens (primary N) is 1. The minimum atomic E-state index is -0.517. The van der Waals surface area contributed by atoms with Crippen molar-refractivity contribution in [2.24, 2.45) is 5.73 Å². The molecule has 39 heavy (non-hydrogen) atoms. The van der Waals surface area contributed by atoms with Gasteiger partial charge in [-0.2, -0.15) is 0 Å². The van der Waals surface area contributed by atoms with E-state index in [1.165, 1.54) is 11.1 Å². The number of hydrogen-bond acceptors (Lipinski definition) is 5. The van der Waals surface area contributed by atoms with Crippen LogP contribution >= 0.6 is 0 Å². The van der Waals surface area contributed by atoms with E-state index >= 15 is 0 Å². The predicted molar refractivity (Wildman–Crippen MR) is 149 cm³/mol. The number of fused-ring (bicyclic) bond motifs is 1. The van der Waals surface area contributed by atoms with Gasteiger partial charge in [0.1, 0.15) is 0 Å². The van der Waals surface area contributed by atoms with E-state index in [1.807, 2.05) is 74.5 Å². The summed E-state index contributed by atoms with van der Waals surface area (Å²) in [4.78, 5) is 25.3. The number of primary amides is 1. The minimum absolute atomic E-state index is 0.00212. The molecule has 1 heterocycles. The van der Waals surface area contributed by atoms with Crippen LogP contribution in [0.5, 0.6) is 0 Å². The molecule has 0 bridgehead atoms. The zero-order valence-corrected chi connectivity index (χ0v) is 22.3. The van der Waals surface area contributed by atoms with Crippen molar-refractivity contribution in [1.82, 2.24) is 5.16 Å². The average Bonchev–Trinajstić information content (AvgIpc) is 3.54. The van der Waals surface area contributed by atoms with Crippen LogP contribution in [0.4, 0.5) is 0 Å². The summed E-state index contributed by atoms with van der Waals surface area (Å²) in [5.74, 6) is -0.422. The molecule has 0 aliphatic heterocycles. The number of aromatic nitrogens is 1. The van der Waals surface area contributed by atoms with Crippen molar-refractivity contribution in [1.29, 1.82) is 0 Å². The van der Waals surface area contributed by atoms with Crippen LogP contribution in [0.3, 0.4) is 0 Å². The lowest BCUT2D eigenvalue weighted by Crippen LogP contribution is -2.27. The first-order chi connectivity index (χ1) is 18.9. The number of hydrogen-bond donors (Lipinski definition) is 1. The Bertz CT molecular complexity index is 1530. The first-order valence-corrected chi connectivity index (χ1v) is 13.6. The number of aryl methyl sites for hydroxylation is 2. The van der Waals surface area contributed by atoms with Gasteiger partial charge in [0.05, 0.1) is 23.6 Å². The number of ether oxygens (including phenoxy) is 1. The van der Waals surface area contributed by atoms with Crippen LogP contribution < -0.4 is 5.73 Å². The summed E-state index contributed by atoms with van der Waals surface area (Å²) in [7, 11) is 0. The van der Waals surface area contributed by atoms with Crippen LogP contribution in [-0.4, -0.2) is 23.6 Å². The highest BCUT2D eigenvalue weighted by atomic mass is 16.5. The van der Waals surface area contributed by atoms with Crippen molar-refractivity contribution in [3.8, 4) is 22.5 Å². The van der Waals surface area contributed by atoms with E-state index in [1.54, 1.807) is 0 Å². The second-order valence-electron chi connectivity index (χ2n) is 10.7. The second kappa shape index (κ2) is 9.84. The topological polar surface area (TPSA) is 95.4 Å². The summed E-state index contributed by atoms with van der Waals surface area (Å²) in [5.41, 5.74) is 13.4. The largest absolute Gasteiger partial charge is 0.465 e. The van der Waals surface area contributed by atoms with E-state index in [0.29, 0.717) is 18.1 Å². The zero-order chi connectivity index (χ0) is 27.1. The van der Waals surface area contributed by atoms with Gasteiger partial charge in [-0.1, -0.05) is 78.0 Å². The van der Waals surface area contributed by atoms with E-state index in [9.17, 15) is 9.59 Å². The fraction of sp³-hybridized carbons (Fsp3) is 0.303. The van der Waals surface area contributed by atoms with Crippen LogP contribution in [0.25, 0.3) is 22.5 Å². The molecule has 1 saturated carbocycles. The summed E-state index contributed by atoms with van der Waals surface area (Å²) in [6.07, 6.45) is 3.46. The number of carbonyl (C=O) groups is 2. The molecule has 6 heteroatoms. The van der Waals surface area contributed by atoms with E-state index in [2.05, 4.69) is 17.3 Å². The number of benzene rings is 3. The van der Waals surface area contributed by atoms with E-state index < -0.39 is 11.3 Å². The molecule has 1 unspecified atom stereocenters. The summed E-state index contributed by atoms with van der Waals surface area (Å²) >= 11 is 0. The van der Waals surface area contributed by atoms with Crippen LogP contribution in [0.15, 0.2) is 77.3 Å². The Balaban J connectivity index is 1.28. The lowest BCUT2D eigenvalue weighted by atomic mass is 9.80.